The van der Waals surface area contributed by atoms with E-state index < -0.39 is 11.8 Å². The van der Waals surface area contributed by atoms with E-state index in [0.29, 0.717) is 6.29 Å². The van der Waals surface area contributed by atoms with Crippen LogP contribution in [-0.4, -0.2) is 17.4 Å². The molecule has 1 rings (SSSR count). The molecule has 1 aromatic carbocycles. The minimum Gasteiger partial charge on any atom is -0.478 e. The Morgan fingerprint density at radius 3 is 2.80 bits per heavy atom. The Kier molecular flexibility index (Phi) is 3.74. The summed E-state index contributed by atoms with van der Waals surface area (Å²) in [5.74, 6) is -1.81. The summed E-state index contributed by atoms with van der Waals surface area (Å²) in [6, 6.07) is 3.81. The summed E-state index contributed by atoms with van der Waals surface area (Å²) in [6.45, 7) is 0. The van der Waals surface area contributed by atoms with E-state index in [9.17, 15) is 14.0 Å². The Balaban J connectivity index is 3.13. The molecule has 0 aliphatic heterocycles. The number of carboxylic acids is 1. The topological polar surface area (TPSA) is 54.4 Å². The quantitative estimate of drug-likeness (QED) is 0.771. The maximum atomic E-state index is 13.2. The summed E-state index contributed by atoms with van der Waals surface area (Å²) >= 11 is 0. The molecular formula is C11H9FO3. The monoisotopic (exact) mass is 208 g/mol. The van der Waals surface area contributed by atoms with Crippen LogP contribution in [0.3, 0.4) is 0 Å². The summed E-state index contributed by atoms with van der Waals surface area (Å²) in [5, 5.41) is 8.78. The molecule has 0 saturated heterocycles. The van der Waals surface area contributed by atoms with Gasteiger partial charge in [-0.3, -0.25) is 0 Å². The zero-order valence-corrected chi connectivity index (χ0v) is 7.81. The molecule has 15 heavy (non-hydrogen) atoms. The number of benzene rings is 1. The first kappa shape index (κ1) is 11.1. The third kappa shape index (κ3) is 2.74. The van der Waals surface area contributed by atoms with Crippen LogP contribution in [0, 0.1) is 5.82 Å². The van der Waals surface area contributed by atoms with Gasteiger partial charge >= 0.3 is 5.97 Å². The summed E-state index contributed by atoms with van der Waals surface area (Å²) in [6.07, 6.45) is 3.50. The SMILES string of the molecule is O=CCC=Cc1c(F)cccc1C(=O)O. The molecular weight excluding hydrogens is 199 g/mol. The second kappa shape index (κ2) is 5.05. The lowest BCUT2D eigenvalue weighted by Crippen LogP contribution is -2.01. The lowest BCUT2D eigenvalue weighted by Gasteiger charge is -2.01. The van der Waals surface area contributed by atoms with Crippen LogP contribution < -0.4 is 0 Å². The number of hydrogen-bond acceptors (Lipinski definition) is 2. The van der Waals surface area contributed by atoms with Crippen molar-refractivity contribution in [2.24, 2.45) is 0 Å². The molecule has 0 heterocycles. The van der Waals surface area contributed by atoms with Crippen molar-refractivity contribution < 1.29 is 19.1 Å². The van der Waals surface area contributed by atoms with E-state index in [1.807, 2.05) is 0 Å². The predicted octanol–water partition coefficient (Wildman–Crippen LogP) is 2.13. The number of aromatic carboxylic acids is 1. The van der Waals surface area contributed by atoms with E-state index in [2.05, 4.69) is 0 Å². The van der Waals surface area contributed by atoms with Gasteiger partial charge in [0.05, 0.1) is 5.56 Å². The van der Waals surface area contributed by atoms with E-state index in [4.69, 9.17) is 5.11 Å². The molecule has 0 atom stereocenters. The number of rotatable bonds is 4. The molecule has 4 heteroatoms. The fourth-order valence-electron chi connectivity index (χ4n) is 1.13. The normalized spacial score (nSPS) is 10.5. The Bertz CT molecular complexity index is 410. The van der Waals surface area contributed by atoms with Gasteiger partial charge in [0, 0.05) is 12.0 Å². The van der Waals surface area contributed by atoms with Gasteiger partial charge in [-0.05, 0) is 12.1 Å². The summed E-state index contributed by atoms with van der Waals surface area (Å²) < 4.78 is 13.2. The fraction of sp³-hybridized carbons (Fsp3) is 0.0909. The van der Waals surface area contributed by atoms with Crippen LogP contribution in [0.15, 0.2) is 24.3 Å². The number of hydrogen-bond donors (Lipinski definition) is 1. The number of carbonyl (C=O) groups excluding carboxylic acids is 1. The minimum atomic E-state index is -1.19. The summed E-state index contributed by atoms with van der Waals surface area (Å²) in [5.41, 5.74) is -0.121. The second-order valence-corrected chi connectivity index (χ2v) is 2.81. The van der Waals surface area contributed by atoms with Gasteiger partial charge in [-0.1, -0.05) is 18.2 Å². The number of halogens is 1. The van der Waals surface area contributed by atoms with E-state index in [1.54, 1.807) is 0 Å². The highest BCUT2D eigenvalue weighted by Crippen LogP contribution is 2.15. The fourth-order valence-corrected chi connectivity index (χ4v) is 1.13. The number of carbonyl (C=O) groups is 2. The van der Waals surface area contributed by atoms with Crippen LogP contribution in [0.5, 0.6) is 0 Å². The van der Waals surface area contributed by atoms with E-state index in [-0.39, 0.29) is 17.5 Å². The van der Waals surface area contributed by atoms with E-state index >= 15 is 0 Å². The third-order valence-electron chi connectivity index (χ3n) is 1.80. The molecule has 0 saturated carbocycles. The molecule has 0 aliphatic carbocycles. The molecule has 3 nitrogen and oxygen atoms in total. The first-order valence-electron chi connectivity index (χ1n) is 4.28. The molecule has 0 radical (unpaired) electrons. The van der Waals surface area contributed by atoms with Gasteiger partial charge in [0.25, 0.3) is 0 Å². The Morgan fingerprint density at radius 1 is 1.47 bits per heavy atom. The van der Waals surface area contributed by atoms with Crippen molar-refractivity contribution in [3.63, 3.8) is 0 Å². The van der Waals surface area contributed by atoms with Crippen molar-refractivity contribution in [2.45, 2.75) is 6.42 Å². The standard InChI is InChI=1S/C11H9FO3/c12-10-6-3-5-9(11(14)15)8(10)4-1-2-7-13/h1,3-7H,2H2,(H,14,15). The van der Waals surface area contributed by atoms with Crippen LogP contribution in [-0.2, 0) is 4.79 Å². The molecule has 0 unspecified atom stereocenters. The lowest BCUT2D eigenvalue weighted by molar-refractivity contribution is -0.107. The van der Waals surface area contributed by atoms with Crippen molar-refractivity contribution in [2.75, 3.05) is 0 Å². The molecule has 1 aromatic rings. The van der Waals surface area contributed by atoms with Gasteiger partial charge in [0.2, 0.25) is 0 Å². The smallest absolute Gasteiger partial charge is 0.336 e. The average Bonchev–Trinajstić information content (AvgIpc) is 2.20. The predicted molar refractivity (Wildman–Crippen MR) is 53.1 cm³/mol. The number of carboxylic acid groups (broad SMARTS) is 1. The molecule has 78 valence electrons. The van der Waals surface area contributed by atoms with Crippen LogP contribution in [0.1, 0.15) is 22.3 Å². The molecule has 1 N–H and O–H groups in total. The largest absolute Gasteiger partial charge is 0.478 e. The average molecular weight is 208 g/mol. The molecule has 0 fully saturated rings. The van der Waals surface area contributed by atoms with Gasteiger partial charge in [-0.2, -0.15) is 0 Å². The summed E-state index contributed by atoms with van der Waals surface area (Å²) in [4.78, 5) is 20.8. The highest BCUT2D eigenvalue weighted by Gasteiger charge is 2.10. The van der Waals surface area contributed by atoms with Gasteiger partial charge in [0.15, 0.2) is 0 Å². The molecule has 0 amide bonds. The van der Waals surface area contributed by atoms with Gasteiger partial charge in [-0.25, -0.2) is 9.18 Å². The van der Waals surface area contributed by atoms with Crippen molar-refractivity contribution >= 4 is 18.3 Å². The van der Waals surface area contributed by atoms with Crippen LogP contribution in [0.2, 0.25) is 0 Å². The zero-order valence-electron chi connectivity index (χ0n) is 7.81. The van der Waals surface area contributed by atoms with Crippen LogP contribution in [0.25, 0.3) is 6.08 Å². The van der Waals surface area contributed by atoms with Gasteiger partial charge in [0.1, 0.15) is 12.1 Å². The first-order valence-corrected chi connectivity index (χ1v) is 4.28. The maximum absolute atomic E-state index is 13.2. The Hall–Kier alpha value is -1.97. The molecule has 0 spiro atoms. The molecule has 0 bridgehead atoms. The number of aldehydes is 1. The van der Waals surface area contributed by atoms with Crippen LogP contribution in [0.4, 0.5) is 4.39 Å². The highest BCUT2D eigenvalue weighted by molar-refractivity contribution is 5.92. The first-order chi connectivity index (χ1) is 7.16. The van der Waals surface area contributed by atoms with E-state index in [0.717, 1.165) is 0 Å². The van der Waals surface area contributed by atoms with Crippen molar-refractivity contribution in [1.82, 2.24) is 0 Å². The molecule has 0 aliphatic rings. The van der Waals surface area contributed by atoms with Crippen molar-refractivity contribution in [3.8, 4) is 0 Å². The third-order valence-corrected chi connectivity index (χ3v) is 1.80. The second-order valence-electron chi connectivity index (χ2n) is 2.81. The van der Waals surface area contributed by atoms with E-state index in [1.165, 1.54) is 30.4 Å². The maximum Gasteiger partial charge on any atom is 0.336 e. The highest BCUT2D eigenvalue weighted by atomic mass is 19.1. The van der Waals surface area contributed by atoms with Gasteiger partial charge < -0.3 is 9.90 Å². The lowest BCUT2D eigenvalue weighted by atomic mass is 10.1. The van der Waals surface area contributed by atoms with Crippen molar-refractivity contribution in [3.05, 3.63) is 41.2 Å². The molecule has 0 aromatic heterocycles. The van der Waals surface area contributed by atoms with Crippen molar-refractivity contribution in [1.29, 1.82) is 0 Å². The minimum absolute atomic E-state index is 0.00755. The van der Waals surface area contributed by atoms with Crippen LogP contribution >= 0.6 is 0 Å². The van der Waals surface area contributed by atoms with Gasteiger partial charge in [-0.15, -0.1) is 0 Å². The number of allylic oxidation sites excluding steroid dienone is 1. The Morgan fingerprint density at radius 2 is 2.20 bits per heavy atom. The summed E-state index contributed by atoms with van der Waals surface area (Å²) in [7, 11) is 0. The Labute approximate surface area is 85.8 Å². The zero-order chi connectivity index (χ0) is 11.3.